The molecule has 0 aliphatic rings. The minimum absolute atomic E-state index is 0.0959. The molecule has 0 heterocycles. The van der Waals surface area contributed by atoms with Crippen molar-refractivity contribution in [3.05, 3.63) is 38.3 Å². The Morgan fingerprint density at radius 3 is 2.84 bits per heavy atom. The molecular weight excluding hydrogens is 312 g/mol. The zero-order valence-electron chi connectivity index (χ0n) is 11.0. The SMILES string of the molecule is CCCCOCCNCc1ccc([N+](=O)[O-])cc1Br. The fourth-order valence-electron chi connectivity index (χ4n) is 1.51. The summed E-state index contributed by atoms with van der Waals surface area (Å²) in [6.45, 7) is 5.06. The van der Waals surface area contributed by atoms with Crippen LogP contribution in [0.2, 0.25) is 0 Å². The van der Waals surface area contributed by atoms with E-state index < -0.39 is 4.92 Å². The van der Waals surface area contributed by atoms with E-state index >= 15 is 0 Å². The molecule has 0 unspecified atom stereocenters. The lowest BCUT2D eigenvalue weighted by Gasteiger charge is -2.07. The second-order valence-electron chi connectivity index (χ2n) is 4.18. The number of non-ortho nitro benzene ring substituents is 1. The molecule has 0 saturated heterocycles. The summed E-state index contributed by atoms with van der Waals surface area (Å²) in [6.07, 6.45) is 2.23. The fraction of sp³-hybridized carbons (Fsp3) is 0.538. The Morgan fingerprint density at radius 2 is 2.21 bits per heavy atom. The van der Waals surface area contributed by atoms with E-state index in [-0.39, 0.29) is 5.69 Å². The molecule has 0 bridgehead atoms. The lowest BCUT2D eigenvalue weighted by atomic mass is 10.2. The molecule has 0 atom stereocenters. The molecule has 0 fully saturated rings. The fourth-order valence-corrected chi connectivity index (χ4v) is 2.02. The molecule has 1 aromatic rings. The highest BCUT2D eigenvalue weighted by Gasteiger charge is 2.08. The van der Waals surface area contributed by atoms with Gasteiger partial charge in [0.15, 0.2) is 0 Å². The summed E-state index contributed by atoms with van der Waals surface area (Å²) in [5.74, 6) is 0. The van der Waals surface area contributed by atoms with Crippen LogP contribution >= 0.6 is 15.9 Å². The molecule has 0 amide bonds. The van der Waals surface area contributed by atoms with Crippen LogP contribution in [0.1, 0.15) is 25.3 Å². The van der Waals surface area contributed by atoms with E-state index in [1.165, 1.54) is 12.1 Å². The van der Waals surface area contributed by atoms with Gasteiger partial charge in [0.05, 0.1) is 11.5 Å². The highest BCUT2D eigenvalue weighted by molar-refractivity contribution is 9.10. The van der Waals surface area contributed by atoms with Crippen molar-refractivity contribution in [2.24, 2.45) is 0 Å². The van der Waals surface area contributed by atoms with Crippen molar-refractivity contribution in [1.29, 1.82) is 0 Å². The summed E-state index contributed by atoms with van der Waals surface area (Å²) in [6, 6.07) is 4.79. The summed E-state index contributed by atoms with van der Waals surface area (Å²) in [7, 11) is 0. The van der Waals surface area contributed by atoms with Crippen molar-refractivity contribution in [2.45, 2.75) is 26.3 Å². The summed E-state index contributed by atoms with van der Waals surface area (Å²) in [5, 5.41) is 13.8. The van der Waals surface area contributed by atoms with Gasteiger partial charge in [0.2, 0.25) is 0 Å². The number of benzene rings is 1. The van der Waals surface area contributed by atoms with Gasteiger partial charge < -0.3 is 10.1 Å². The number of nitrogens with zero attached hydrogens (tertiary/aromatic N) is 1. The summed E-state index contributed by atoms with van der Waals surface area (Å²) >= 11 is 3.34. The van der Waals surface area contributed by atoms with Crippen molar-refractivity contribution >= 4 is 21.6 Å². The summed E-state index contributed by atoms with van der Waals surface area (Å²) in [5.41, 5.74) is 1.10. The molecular formula is C13H19BrN2O3. The first-order chi connectivity index (χ1) is 9.15. The third-order valence-corrected chi connectivity index (χ3v) is 3.37. The maximum absolute atomic E-state index is 10.6. The van der Waals surface area contributed by atoms with Crippen LogP contribution < -0.4 is 5.32 Å². The van der Waals surface area contributed by atoms with E-state index in [0.29, 0.717) is 13.2 Å². The highest BCUT2D eigenvalue weighted by Crippen LogP contribution is 2.22. The van der Waals surface area contributed by atoms with E-state index in [1.807, 2.05) is 0 Å². The maximum Gasteiger partial charge on any atom is 0.270 e. The van der Waals surface area contributed by atoms with Gasteiger partial charge in [-0.15, -0.1) is 0 Å². The molecule has 0 aliphatic heterocycles. The smallest absolute Gasteiger partial charge is 0.270 e. The number of ether oxygens (including phenoxy) is 1. The van der Waals surface area contributed by atoms with Gasteiger partial charge in [-0.2, -0.15) is 0 Å². The van der Waals surface area contributed by atoms with Crippen molar-refractivity contribution in [2.75, 3.05) is 19.8 Å². The van der Waals surface area contributed by atoms with E-state index in [9.17, 15) is 10.1 Å². The van der Waals surface area contributed by atoms with E-state index in [2.05, 4.69) is 28.2 Å². The highest BCUT2D eigenvalue weighted by atomic mass is 79.9. The first-order valence-corrected chi connectivity index (χ1v) is 7.15. The van der Waals surface area contributed by atoms with Crippen LogP contribution in [-0.4, -0.2) is 24.7 Å². The number of hydrogen-bond donors (Lipinski definition) is 1. The van der Waals surface area contributed by atoms with Gasteiger partial charge in [-0.25, -0.2) is 0 Å². The largest absolute Gasteiger partial charge is 0.380 e. The van der Waals surface area contributed by atoms with Gasteiger partial charge in [0.25, 0.3) is 5.69 Å². The minimum atomic E-state index is -0.399. The average Bonchev–Trinajstić information content (AvgIpc) is 2.39. The summed E-state index contributed by atoms with van der Waals surface area (Å²) < 4.78 is 6.18. The van der Waals surface area contributed by atoms with Gasteiger partial charge in [-0.3, -0.25) is 10.1 Å². The zero-order chi connectivity index (χ0) is 14.1. The lowest BCUT2D eigenvalue weighted by molar-refractivity contribution is -0.384. The van der Waals surface area contributed by atoms with E-state index in [0.717, 1.165) is 36.0 Å². The van der Waals surface area contributed by atoms with Crippen LogP contribution in [0.5, 0.6) is 0 Å². The van der Waals surface area contributed by atoms with Gasteiger partial charge in [-0.05, 0) is 18.1 Å². The number of hydrogen-bond acceptors (Lipinski definition) is 4. The first kappa shape index (κ1) is 16.1. The van der Waals surface area contributed by atoms with Gasteiger partial charge in [0.1, 0.15) is 0 Å². The standard InChI is InChI=1S/C13H19BrN2O3/c1-2-3-7-19-8-6-15-10-11-4-5-12(16(17)18)9-13(11)14/h4-5,9,15H,2-3,6-8,10H2,1H3. The van der Waals surface area contributed by atoms with Crippen LogP contribution in [0.15, 0.2) is 22.7 Å². The predicted molar refractivity (Wildman–Crippen MR) is 78.2 cm³/mol. The predicted octanol–water partition coefficient (Wildman–Crippen LogP) is 3.26. The summed E-state index contributed by atoms with van der Waals surface area (Å²) in [4.78, 5) is 10.2. The van der Waals surface area contributed by atoms with Crippen LogP contribution in [0, 0.1) is 10.1 Å². The molecule has 0 aliphatic carbocycles. The Bertz CT molecular complexity index is 413. The number of nitro groups is 1. The van der Waals surface area contributed by atoms with Crippen LogP contribution in [0.3, 0.4) is 0 Å². The van der Waals surface area contributed by atoms with Gasteiger partial charge >= 0.3 is 0 Å². The Balaban J connectivity index is 2.28. The maximum atomic E-state index is 10.6. The molecule has 5 nitrogen and oxygen atoms in total. The topological polar surface area (TPSA) is 64.4 Å². The molecule has 0 radical (unpaired) electrons. The third kappa shape index (κ3) is 6.13. The number of nitro benzene ring substituents is 1. The molecule has 1 N–H and O–H groups in total. The van der Waals surface area contributed by atoms with Crippen LogP contribution in [-0.2, 0) is 11.3 Å². The van der Waals surface area contributed by atoms with Crippen molar-refractivity contribution in [1.82, 2.24) is 5.32 Å². The molecule has 1 aromatic carbocycles. The van der Waals surface area contributed by atoms with Gasteiger partial charge in [0, 0.05) is 36.3 Å². The first-order valence-electron chi connectivity index (χ1n) is 6.36. The zero-order valence-corrected chi connectivity index (χ0v) is 12.6. The van der Waals surface area contributed by atoms with Crippen LogP contribution in [0.4, 0.5) is 5.69 Å². The molecule has 0 aromatic heterocycles. The van der Waals surface area contributed by atoms with E-state index in [1.54, 1.807) is 6.07 Å². The Labute approximate surface area is 121 Å². The second-order valence-corrected chi connectivity index (χ2v) is 5.03. The molecule has 0 spiro atoms. The quantitative estimate of drug-likeness (QED) is 0.428. The van der Waals surface area contributed by atoms with Gasteiger partial charge in [-0.1, -0.05) is 29.3 Å². The Kier molecular flexibility index (Phi) is 7.62. The van der Waals surface area contributed by atoms with Crippen molar-refractivity contribution in [3.63, 3.8) is 0 Å². The monoisotopic (exact) mass is 330 g/mol. The lowest BCUT2D eigenvalue weighted by Crippen LogP contribution is -2.19. The van der Waals surface area contributed by atoms with Crippen molar-refractivity contribution in [3.8, 4) is 0 Å². The third-order valence-electron chi connectivity index (χ3n) is 2.63. The van der Waals surface area contributed by atoms with Crippen molar-refractivity contribution < 1.29 is 9.66 Å². The molecule has 19 heavy (non-hydrogen) atoms. The number of rotatable bonds is 9. The van der Waals surface area contributed by atoms with Crippen LogP contribution in [0.25, 0.3) is 0 Å². The molecule has 6 heteroatoms. The molecule has 106 valence electrons. The molecule has 1 rings (SSSR count). The number of unbranched alkanes of at least 4 members (excludes halogenated alkanes) is 1. The molecule has 0 saturated carbocycles. The number of nitrogens with one attached hydrogen (secondary N) is 1. The average molecular weight is 331 g/mol. The Hall–Kier alpha value is -0.980. The second kappa shape index (κ2) is 9.01. The normalized spacial score (nSPS) is 10.6. The van der Waals surface area contributed by atoms with E-state index in [4.69, 9.17) is 4.74 Å². The Morgan fingerprint density at radius 1 is 1.42 bits per heavy atom. The minimum Gasteiger partial charge on any atom is -0.380 e. The number of halogens is 1.